The third-order valence-corrected chi connectivity index (χ3v) is 8.09. The highest BCUT2D eigenvalue weighted by molar-refractivity contribution is 6.30. The van der Waals surface area contributed by atoms with Crippen LogP contribution in [0.5, 0.6) is 0 Å². The lowest BCUT2D eigenvalue weighted by molar-refractivity contribution is -0.155. The van der Waals surface area contributed by atoms with E-state index < -0.39 is 40.9 Å². The number of hydrogen-bond acceptors (Lipinski definition) is 6. The van der Waals surface area contributed by atoms with Crippen molar-refractivity contribution in [3.8, 4) is 0 Å². The number of rotatable bonds is 9. The minimum absolute atomic E-state index is 0.265. The zero-order valence-electron chi connectivity index (χ0n) is 24.7. The predicted molar refractivity (Wildman–Crippen MR) is 166 cm³/mol. The van der Waals surface area contributed by atoms with E-state index in [0.717, 1.165) is 0 Å². The number of carbonyl (C=O) groups excluding carboxylic acids is 3. The molecule has 1 saturated heterocycles. The van der Waals surface area contributed by atoms with Gasteiger partial charge in [-0.2, -0.15) is 0 Å². The lowest BCUT2D eigenvalue weighted by Gasteiger charge is -2.36. The first-order valence-electron chi connectivity index (χ1n) is 14.1. The Morgan fingerprint density at radius 2 is 1.77 bits per heavy atom. The second kappa shape index (κ2) is 12.5. The van der Waals surface area contributed by atoms with Gasteiger partial charge in [0.15, 0.2) is 0 Å². The Bertz CT molecular complexity index is 1520. The molecule has 0 aliphatic carbocycles. The van der Waals surface area contributed by atoms with Gasteiger partial charge in [-0.25, -0.2) is 9.59 Å². The SMILES string of the molecule is C=CN(C(=O)[C@@H]1CCCN1C(=O)[C@@H](NC(=O)/C=C/c1ccc2c(c1)CC(C(=O)O)(C(=O)O)N2)C(C)(C)C)c1ccc(Cl)cc1. The number of likely N-dealkylation sites (tertiary alicyclic amines) is 1. The van der Waals surface area contributed by atoms with Gasteiger partial charge >= 0.3 is 11.9 Å². The van der Waals surface area contributed by atoms with Crippen molar-refractivity contribution in [1.82, 2.24) is 10.2 Å². The monoisotopic (exact) mass is 622 g/mol. The number of nitrogens with zero attached hydrogens (tertiary/aromatic N) is 2. The first-order chi connectivity index (χ1) is 20.7. The number of fused-ring (bicyclic) bond motifs is 1. The van der Waals surface area contributed by atoms with Crippen LogP contribution in [0.25, 0.3) is 6.08 Å². The number of benzene rings is 2. The molecular weight excluding hydrogens is 588 g/mol. The van der Waals surface area contributed by atoms with Crippen LogP contribution in [0.1, 0.15) is 44.7 Å². The van der Waals surface area contributed by atoms with Crippen LogP contribution in [0.15, 0.2) is 61.3 Å². The quantitative estimate of drug-likeness (QED) is 0.242. The van der Waals surface area contributed by atoms with Crippen molar-refractivity contribution < 1.29 is 34.2 Å². The average molecular weight is 623 g/mol. The summed E-state index contributed by atoms with van der Waals surface area (Å²) in [6.07, 6.45) is 4.97. The second-order valence-corrected chi connectivity index (χ2v) is 12.4. The fraction of sp³-hybridized carbons (Fsp3) is 0.344. The molecule has 12 heteroatoms. The van der Waals surface area contributed by atoms with Crippen LogP contribution in [0, 0.1) is 5.41 Å². The van der Waals surface area contributed by atoms with Gasteiger partial charge in [0.25, 0.3) is 5.91 Å². The molecule has 0 aromatic heterocycles. The highest BCUT2D eigenvalue weighted by atomic mass is 35.5. The second-order valence-electron chi connectivity index (χ2n) is 11.9. The van der Waals surface area contributed by atoms with Crippen molar-refractivity contribution in [2.24, 2.45) is 5.41 Å². The summed E-state index contributed by atoms with van der Waals surface area (Å²) < 4.78 is 0. The van der Waals surface area contributed by atoms with Gasteiger partial charge in [-0.1, -0.05) is 45.0 Å². The lowest BCUT2D eigenvalue weighted by atomic mass is 9.85. The molecule has 3 amide bonds. The summed E-state index contributed by atoms with van der Waals surface area (Å²) in [4.78, 5) is 66.8. The van der Waals surface area contributed by atoms with Gasteiger partial charge in [0.1, 0.15) is 12.1 Å². The zero-order chi connectivity index (χ0) is 32.4. The summed E-state index contributed by atoms with van der Waals surface area (Å²) in [5.74, 6) is -4.23. The van der Waals surface area contributed by atoms with Crippen molar-refractivity contribution in [3.63, 3.8) is 0 Å². The van der Waals surface area contributed by atoms with Crippen LogP contribution in [-0.2, 0) is 30.4 Å². The van der Waals surface area contributed by atoms with E-state index in [4.69, 9.17) is 11.6 Å². The summed E-state index contributed by atoms with van der Waals surface area (Å²) in [6, 6.07) is 9.82. The van der Waals surface area contributed by atoms with E-state index in [9.17, 15) is 34.2 Å². The molecule has 232 valence electrons. The summed E-state index contributed by atoms with van der Waals surface area (Å²) >= 11 is 6.00. The van der Waals surface area contributed by atoms with Crippen LogP contribution < -0.4 is 15.5 Å². The Kier molecular flexibility index (Phi) is 9.19. The predicted octanol–water partition coefficient (Wildman–Crippen LogP) is 3.93. The van der Waals surface area contributed by atoms with E-state index >= 15 is 0 Å². The standard InChI is InChI=1S/C32H35ClN4O7/c1-5-36(22-12-10-21(33)11-13-22)27(39)24-7-6-16-37(24)28(40)26(31(2,3)4)34-25(38)15-9-19-8-14-23-20(17-19)18-32(35-23,29(41)42)30(43)44/h5,8-15,17,24,26,35H,1,6-7,16,18H2,2-4H3,(H,34,38)(H,41,42)(H,43,44)/b15-9+/t24-,26+/m0/s1. The van der Waals surface area contributed by atoms with Crippen LogP contribution in [0.3, 0.4) is 0 Å². The molecule has 2 aromatic carbocycles. The molecule has 1 fully saturated rings. The van der Waals surface area contributed by atoms with Gasteiger partial charge in [0.05, 0.1) is 0 Å². The summed E-state index contributed by atoms with van der Waals surface area (Å²) in [5, 5.41) is 24.9. The van der Waals surface area contributed by atoms with Crippen LogP contribution in [0.2, 0.25) is 5.02 Å². The van der Waals surface area contributed by atoms with Crippen molar-refractivity contribution in [2.45, 2.75) is 57.7 Å². The van der Waals surface area contributed by atoms with Gasteiger partial charge in [-0.05, 0) is 71.9 Å². The number of carbonyl (C=O) groups is 5. The number of nitrogens with one attached hydrogen (secondary N) is 2. The zero-order valence-corrected chi connectivity index (χ0v) is 25.4. The summed E-state index contributed by atoms with van der Waals surface area (Å²) in [6.45, 7) is 9.59. The third kappa shape index (κ3) is 6.47. The number of amides is 3. The molecule has 11 nitrogen and oxygen atoms in total. The number of carboxylic acids is 2. The van der Waals surface area contributed by atoms with E-state index in [1.165, 1.54) is 28.2 Å². The van der Waals surface area contributed by atoms with E-state index in [-0.39, 0.29) is 18.2 Å². The highest BCUT2D eigenvalue weighted by Crippen LogP contribution is 2.34. The normalized spacial score (nSPS) is 17.8. The maximum atomic E-state index is 13.9. The maximum absolute atomic E-state index is 13.9. The van der Waals surface area contributed by atoms with E-state index in [1.807, 2.05) is 20.8 Å². The smallest absolute Gasteiger partial charge is 0.341 e. The largest absolute Gasteiger partial charge is 0.479 e. The molecule has 2 heterocycles. The molecule has 4 rings (SSSR count). The minimum atomic E-state index is -2.16. The molecule has 0 bridgehead atoms. The van der Waals surface area contributed by atoms with Gasteiger partial charge in [0.2, 0.25) is 17.4 Å². The number of hydrogen-bond donors (Lipinski definition) is 4. The van der Waals surface area contributed by atoms with Crippen LogP contribution in [-0.4, -0.2) is 68.9 Å². The fourth-order valence-corrected chi connectivity index (χ4v) is 5.57. The molecule has 4 N–H and O–H groups in total. The molecule has 2 aliphatic heterocycles. The Hall–Kier alpha value is -4.64. The highest BCUT2D eigenvalue weighted by Gasteiger charge is 2.51. The Balaban J connectivity index is 1.48. The lowest BCUT2D eigenvalue weighted by Crippen LogP contribution is -2.57. The van der Waals surface area contributed by atoms with Gasteiger partial charge < -0.3 is 25.7 Å². The Morgan fingerprint density at radius 1 is 1.11 bits per heavy atom. The molecular formula is C32H35ClN4O7. The average Bonchev–Trinajstić information content (AvgIpc) is 3.61. The molecule has 0 spiro atoms. The molecule has 0 radical (unpaired) electrons. The number of aliphatic carboxylic acids is 2. The molecule has 0 saturated carbocycles. The van der Waals surface area contributed by atoms with Gasteiger partial charge in [-0.15, -0.1) is 0 Å². The van der Waals surface area contributed by atoms with Gasteiger partial charge in [0, 0.05) is 41.6 Å². The molecule has 0 unspecified atom stereocenters. The summed E-state index contributed by atoms with van der Waals surface area (Å²) in [5.41, 5.74) is -0.871. The first-order valence-corrected chi connectivity index (χ1v) is 14.4. The van der Waals surface area contributed by atoms with Crippen molar-refractivity contribution >= 4 is 58.7 Å². The number of anilines is 2. The van der Waals surface area contributed by atoms with Crippen molar-refractivity contribution in [1.29, 1.82) is 0 Å². The maximum Gasteiger partial charge on any atom is 0.341 e. The number of halogens is 1. The Morgan fingerprint density at radius 3 is 2.36 bits per heavy atom. The van der Waals surface area contributed by atoms with Gasteiger partial charge in [-0.3, -0.25) is 19.3 Å². The molecule has 2 aliphatic rings. The first kappa shape index (κ1) is 32.3. The molecule has 44 heavy (non-hydrogen) atoms. The molecule has 2 aromatic rings. The minimum Gasteiger partial charge on any atom is -0.479 e. The van der Waals surface area contributed by atoms with Crippen molar-refractivity contribution in [2.75, 3.05) is 16.8 Å². The third-order valence-electron chi connectivity index (χ3n) is 7.84. The van der Waals surface area contributed by atoms with Crippen LogP contribution >= 0.6 is 11.6 Å². The van der Waals surface area contributed by atoms with Crippen molar-refractivity contribution in [3.05, 3.63) is 77.5 Å². The number of carboxylic acid groups (broad SMARTS) is 2. The topological polar surface area (TPSA) is 156 Å². The Labute approximate surface area is 260 Å². The van der Waals surface area contributed by atoms with E-state index in [0.29, 0.717) is 46.9 Å². The van der Waals surface area contributed by atoms with Crippen LogP contribution in [0.4, 0.5) is 11.4 Å². The summed E-state index contributed by atoms with van der Waals surface area (Å²) in [7, 11) is 0. The van der Waals surface area contributed by atoms with E-state index in [1.54, 1.807) is 42.5 Å². The molecule has 2 atom stereocenters. The fourth-order valence-electron chi connectivity index (χ4n) is 5.44. The van der Waals surface area contributed by atoms with E-state index in [2.05, 4.69) is 17.2 Å².